The van der Waals surface area contributed by atoms with E-state index < -0.39 is 0 Å². The summed E-state index contributed by atoms with van der Waals surface area (Å²) < 4.78 is 0. The van der Waals surface area contributed by atoms with Crippen LogP contribution < -0.4 is 5.32 Å². The Labute approximate surface area is 104 Å². The van der Waals surface area contributed by atoms with E-state index in [1.807, 2.05) is 18.2 Å². The van der Waals surface area contributed by atoms with Gasteiger partial charge in [-0.05, 0) is 39.6 Å². The number of benzene rings is 1. The Morgan fingerprint density at radius 1 is 1.25 bits per heavy atom. The quantitative estimate of drug-likeness (QED) is 0.852. The molecule has 2 unspecified atom stereocenters. The molecule has 1 rings (SSSR count). The third kappa shape index (κ3) is 3.78. The monoisotopic (exact) mass is 240 g/mol. The number of hydrogen-bond donors (Lipinski definition) is 1. The molecule has 3 heteroatoms. The highest BCUT2D eigenvalue weighted by molar-refractivity contribution is 6.31. The number of hydrogen-bond acceptors (Lipinski definition) is 2. The minimum atomic E-state index is 0.288. The summed E-state index contributed by atoms with van der Waals surface area (Å²) in [4.78, 5) is 2.20. The van der Waals surface area contributed by atoms with Gasteiger partial charge in [0.1, 0.15) is 0 Å². The van der Waals surface area contributed by atoms with E-state index >= 15 is 0 Å². The Kier molecular flexibility index (Phi) is 5.26. The summed E-state index contributed by atoms with van der Waals surface area (Å²) in [6.45, 7) is 5.30. The number of halogens is 1. The van der Waals surface area contributed by atoms with Gasteiger partial charge >= 0.3 is 0 Å². The molecule has 0 fully saturated rings. The molecule has 1 aromatic carbocycles. The molecule has 0 aliphatic rings. The predicted molar refractivity (Wildman–Crippen MR) is 71.0 cm³/mol. The second kappa shape index (κ2) is 6.24. The van der Waals surface area contributed by atoms with Crippen LogP contribution in [0.2, 0.25) is 5.02 Å². The van der Waals surface area contributed by atoms with Crippen molar-refractivity contribution in [2.75, 3.05) is 20.6 Å². The molecule has 0 aliphatic heterocycles. The Bertz CT molecular complexity index is 325. The van der Waals surface area contributed by atoms with Crippen LogP contribution in [0.3, 0.4) is 0 Å². The molecular weight excluding hydrogens is 220 g/mol. The summed E-state index contributed by atoms with van der Waals surface area (Å²) in [5, 5.41) is 4.33. The highest BCUT2D eigenvalue weighted by atomic mass is 35.5. The molecule has 0 aromatic heterocycles. The Hall–Kier alpha value is -0.570. The highest BCUT2D eigenvalue weighted by Gasteiger charge is 2.10. The first-order valence-corrected chi connectivity index (χ1v) is 6.04. The van der Waals surface area contributed by atoms with Crippen LogP contribution in [0.5, 0.6) is 0 Å². The smallest absolute Gasteiger partial charge is 0.0453 e. The van der Waals surface area contributed by atoms with Crippen molar-refractivity contribution >= 4 is 11.6 Å². The van der Waals surface area contributed by atoms with Gasteiger partial charge in [-0.3, -0.25) is 0 Å². The predicted octanol–water partition coefficient (Wildman–Crippen LogP) is 2.94. The molecular formula is C13H21ClN2. The van der Waals surface area contributed by atoms with Crippen molar-refractivity contribution in [1.82, 2.24) is 10.2 Å². The topological polar surface area (TPSA) is 15.3 Å². The average Bonchev–Trinajstić information content (AvgIpc) is 2.25. The minimum absolute atomic E-state index is 0.288. The first-order valence-electron chi connectivity index (χ1n) is 5.66. The maximum Gasteiger partial charge on any atom is 0.0453 e. The number of nitrogens with one attached hydrogen (secondary N) is 1. The fraction of sp³-hybridized carbons (Fsp3) is 0.538. The van der Waals surface area contributed by atoms with Crippen LogP contribution in [0.4, 0.5) is 0 Å². The van der Waals surface area contributed by atoms with E-state index in [0.717, 1.165) is 17.1 Å². The van der Waals surface area contributed by atoms with Crippen LogP contribution in [0.1, 0.15) is 25.5 Å². The Morgan fingerprint density at radius 2 is 1.88 bits per heavy atom. The Balaban J connectivity index is 2.53. The van der Waals surface area contributed by atoms with Gasteiger partial charge in [-0.2, -0.15) is 0 Å². The van der Waals surface area contributed by atoms with E-state index in [4.69, 9.17) is 11.6 Å². The molecule has 2 atom stereocenters. The molecule has 0 heterocycles. The molecule has 0 saturated carbocycles. The van der Waals surface area contributed by atoms with E-state index in [9.17, 15) is 0 Å². The van der Waals surface area contributed by atoms with Crippen molar-refractivity contribution in [1.29, 1.82) is 0 Å². The number of likely N-dealkylation sites (N-methyl/N-ethyl adjacent to an activating group) is 1. The van der Waals surface area contributed by atoms with Crippen LogP contribution in [-0.2, 0) is 0 Å². The summed E-state index contributed by atoms with van der Waals surface area (Å²) in [5.41, 5.74) is 1.16. The molecule has 0 saturated heterocycles. The van der Waals surface area contributed by atoms with E-state index in [2.05, 4.69) is 44.2 Å². The van der Waals surface area contributed by atoms with E-state index in [1.165, 1.54) is 0 Å². The molecule has 0 bridgehead atoms. The van der Waals surface area contributed by atoms with Crippen LogP contribution in [-0.4, -0.2) is 31.6 Å². The fourth-order valence-corrected chi connectivity index (χ4v) is 1.77. The first kappa shape index (κ1) is 13.5. The maximum absolute atomic E-state index is 6.15. The molecule has 0 radical (unpaired) electrons. The van der Waals surface area contributed by atoms with Gasteiger partial charge in [0.15, 0.2) is 0 Å². The van der Waals surface area contributed by atoms with Gasteiger partial charge in [-0.15, -0.1) is 0 Å². The molecule has 2 nitrogen and oxygen atoms in total. The zero-order valence-corrected chi connectivity index (χ0v) is 11.3. The first-order chi connectivity index (χ1) is 7.52. The summed E-state index contributed by atoms with van der Waals surface area (Å²) >= 11 is 6.15. The molecule has 1 aromatic rings. The van der Waals surface area contributed by atoms with Gasteiger partial charge in [-0.25, -0.2) is 0 Å². The minimum Gasteiger partial charge on any atom is -0.309 e. The van der Waals surface area contributed by atoms with Gasteiger partial charge in [-0.1, -0.05) is 29.8 Å². The molecule has 1 N–H and O–H groups in total. The van der Waals surface area contributed by atoms with Gasteiger partial charge in [0.25, 0.3) is 0 Å². The zero-order valence-electron chi connectivity index (χ0n) is 10.5. The summed E-state index contributed by atoms with van der Waals surface area (Å²) in [5.74, 6) is 0. The maximum atomic E-state index is 6.15. The van der Waals surface area contributed by atoms with Crippen LogP contribution in [0.15, 0.2) is 24.3 Å². The molecule has 16 heavy (non-hydrogen) atoms. The van der Waals surface area contributed by atoms with Crippen molar-refractivity contribution in [2.24, 2.45) is 0 Å². The number of nitrogens with zero attached hydrogens (tertiary/aromatic N) is 1. The SMILES string of the molecule is CC(NCC(C)N(C)C)c1ccccc1Cl. The summed E-state index contributed by atoms with van der Waals surface area (Å²) in [6, 6.07) is 8.79. The summed E-state index contributed by atoms with van der Waals surface area (Å²) in [6.07, 6.45) is 0. The third-order valence-corrected chi connectivity index (χ3v) is 3.32. The van der Waals surface area contributed by atoms with Gasteiger partial charge in [0.05, 0.1) is 0 Å². The lowest BCUT2D eigenvalue weighted by molar-refractivity contribution is 0.296. The average molecular weight is 241 g/mol. The Morgan fingerprint density at radius 3 is 2.44 bits per heavy atom. The highest BCUT2D eigenvalue weighted by Crippen LogP contribution is 2.21. The standard InChI is InChI=1S/C13H21ClN2/c1-10(16(3)4)9-15-11(2)12-7-5-6-8-13(12)14/h5-8,10-11,15H,9H2,1-4H3. The van der Waals surface area contributed by atoms with Crippen molar-refractivity contribution in [2.45, 2.75) is 25.9 Å². The lowest BCUT2D eigenvalue weighted by Crippen LogP contribution is -2.36. The summed E-state index contributed by atoms with van der Waals surface area (Å²) in [7, 11) is 4.18. The molecule has 0 amide bonds. The van der Waals surface area contributed by atoms with E-state index in [-0.39, 0.29) is 6.04 Å². The molecule has 90 valence electrons. The van der Waals surface area contributed by atoms with Crippen LogP contribution in [0.25, 0.3) is 0 Å². The third-order valence-electron chi connectivity index (χ3n) is 2.97. The van der Waals surface area contributed by atoms with Crippen molar-refractivity contribution in [3.63, 3.8) is 0 Å². The number of rotatable bonds is 5. The van der Waals surface area contributed by atoms with Crippen LogP contribution >= 0.6 is 11.6 Å². The van der Waals surface area contributed by atoms with Crippen molar-refractivity contribution in [3.8, 4) is 0 Å². The molecule has 0 aliphatic carbocycles. The second-order valence-electron chi connectivity index (χ2n) is 4.46. The zero-order chi connectivity index (χ0) is 12.1. The van der Waals surface area contributed by atoms with Gasteiger partial charge in [0, 0.05) is 23.7 Å². The van der Waals surface area contributed by atoms with Crippen molar-refractivity contribution in [3.05, 3.63) is 34.9 Å². The van der Waals surface area contributed by atoms with Gasteiger partial charge < -0.3 is 10.2 Å². The molecule has 0 spiro atoms. The van der Waals surface area contributed by atoms with Crippen molar-refractivity contribution < 1.29 is 0 Å². The van der Waals surface area contributed by atoms with Gasteiger partial charge in [0.2, 0.25) is 0 Å². The lowest BCUT2D eigenvalue weighted by Gasteiger charge is -2.23. The normalized spacial score (nSPS) is 15.1. The largest absolute Gasteiger partial charge is 0.309 e. The van der Waals surface area contributed by atoms with Crippen LogP contribution in [0, 0.1) is 0 Å². The van der Waals surface area contributed by atoms with E-state index in [1.54, 1.807) is 0 Å². The fourth-order valence-electron chi connectivity index (χ4n) is 1.47. The second-order valence-corrected chi connectivity index (χ2v) is 4.87. The lowest BCUT2D eigenvalue weighted by atomic mass is 10.1. The van der Waals surface area contributed by atoms with E-state index in [0.29, 0.717) is 6.04 Å².